The second-order valence-corrected chi connectivity index (χ2v) is 5.07. The minimum atomic E-state index is -5.58. The quantitative estimate of drug-likeness (QED) is 0.621. The molecule has 0 fully saturated rings. The van der Waals surface area contributed by atoms with Gasteiger partial charge in [-0.2, -0.15) is 22.0 Å². The smallest absolute Gasteiger partial charge is 0.191 e. The fourth-order valence-corrected chi connectivity index (χ4v) is 3.06. The van der Waals surface area contributed by atoms with E-state index >= 15 is 0 Å². The van der Waals surface area contributed by atoms with Crippen LogP contribution in [0.4, 0.5) is 22.0 Å². The van der Waals surface area contributed by atoms with Crippen LogP contribution in [0.25, 0.3) is 10.1 Å². The second-order valence-electron chi connectivity index (χ2n) is 3.34. The molecule has 0 spiro atoms. The topological polar surface area (TPSA) is 0 Å². The van der Waals surface area contributed by atoms with E-state index in [4.69, 9.17) is 0 Å². The molecular weight excluding hydrogens is 327 g/mol. The van der Waals surface area contributed by atoms with E-state index in [9.17, 15) is 22.0 Å². The lowest BCUT2D eigenvalue weighted by molar-refractivity contribution is -0.288. The molecule has 1 aromatic heterocycles. The summed E-state index contributed by atoms with van der Waals surface area (Å²) in [5, 5.41) is 0.773. The molecule has 0 unspecified atom stereocenters. The van der Waals surface area contributed by atoms with E-state index in [-0.39, 0.29) is 5.39 Å². The van der Waals surface area contributed by atoms with Gasteiger partial charge in [-0.05, 0) is 22.0 Å². The van der Waals surface area contributed by atoms with Crippen LogP contribution in [0.15, 0.2) is 28.1 Å². The molecule has 0 aliphatic rings. The molecular formula is C10H4BrF5S. The van der Waals surface area contributed by atoms with E-state index in [1.807, 2.05) is 0 Å². The van der Waals surface area contributed by atoms with Crippen molar-refractivity contribution in [1.82, 2.24) is 0 Å². The molecule has 0 bridgehead atoms. The molecule has 17 heavy (non-hydrogen) atoms. The first-order valence-electron chi connectivity index (χ1n) is 4.36. The summed E-state index contributed by atoms with van der Waals surface area (Å²) in [6, 6.07) is 4.27. The SMILES string of the molecule is FC(F)(F)C(F)(F)c1csc2c(Br)cccc12. The van der Waals surface area contributed by atoms with Gasteiger partial charge in [0.1, 0.15) is 0 Å². The molecule has 0 atom stereocenters. The molecule has 1 aromatic carbocycles. The lowest BCUT2D eigenvalue weighted by Crippen LogP contribution is -2.33. The van der Waals surface area contributed by atoms with Crippen molar-refractivity contribution in [2.75, 3.05) is 0 Å². The predicted molar refractivity (Wildman–Crippen MR) is 59.5 cm³/mol. The van der Waals surface area contributed by atoms with Gasteiger partial charge in [-0.15, -0.1) is 11.3 Å². The minimum Gasteiger partial charge on any atom is -0.191 e. The summed E-state index contributed by atoms with van der Waals surface area (Å²) in [5.74, 6) is -4.83. The predicted octanol–water partition coefficient (Wildman–Crippen LogP) is 5.32. The fraction of sp³-hybridized carbons (Fsp3) is 0.200. The van der Waals surface area contributed by atoms with Gasteiger partial charge < -0.3 is 0 Å². The van der Waals surface area contributed by atoms with Crippen LogP contribution in [0.3, 0.4) is 0 Å². The number of fused-ring (bicyclic) bond motifs is 1. The Labute approximate surface area is 105 Å². The minimum absolute atomic E-state index is 0.0771. The van der Waals surface area contributed by atoms with Crippen LogP contribution < -0.4 is 0 Å². The summed E-state index contributed by atoms with van der Waals surface area (Å²) >= 11 is 3.97. The number of benzene rings is 1. The number of halogens is 6. The summed E-state index contributed by atoms with van der Waals surface area (Å²) in [4.78, 5) is 0. The van der Waals surface area contributed by atoms with E-state index < -0.39 is 17.7 Å². The Kier molecular flexibility index (Phi) is 2.94. The Morgan fingerprint density at radius 2 is 1.71 bits per heavy atom. The van der Waals surface area contributed by atoms with Gasteiger partial charge in [-0.3, -0.25) is 0 Å². The number of thiophene rings is 1. The van der Waals surface area contributed by atoms with Crippen molar-refractivity contribution in [3.63, 3.8) is 0 Å². The van der Waals surface area contributed by atoms with Crippen molar-refractivity contribution in [3.8, 4) is 0 Å². The summed E-state index contributed by atoms with van der Waals surface area (Å²) in [5.41, 5.74) is -0.994. The maximum Gasteiger partial charge on any atom is 0.458 e. The first-order chi connectivity index (χ1) is 7.75. The first-order valence-corrected chi connectivity index (χ1v) is 6.03. The number of hydrogen-bond donors (Lipinski definition) is 0. The molecule has 1 heterocycles. The second kappa shape index (κ2) is 3.91. The van der Waals surface area contributed by atoms with Gasteiger partial charge in [0.25, 0.3) is 0 Å². The van der Waals surface area contributed by atoms with Crippen LogP contribution in [-0.2, 0) is 5.92 Å². The van der Waals surface area contributed by atoms with Crippen LogP contribution in [0, 0.1) is 0 Å². The summed E-state index contributed by atoms with van der Waals surface area (Å²) in [7, 11) is 0. The summed E-state index contributed by atoms with van der Waals surface area (Å²) < 4.78 is 64.1. The maximum absolute atomic E-state index is 13.2. The highest BCUT2D eigenvalue weighted by atomic mass is 79.9. The third kappa shape index (κ3) is 1.95. The van der Waals surface area contributed by atoms with Crippen LogP contribution in [-0.4, -0.2) is 6.18 Å². The molecule has 0 aliphatic heterocycles. The van der Waals surface area contributed by atoms with Crippen molar-refractivity contribution in [2.45, 2.75) is 12.1 Å². The third-order valence-corrected chi connectivity index (χ3v) is 4.20. The van der Waals surface area contributed by atoms with Crippen molar-refractivity contribution in [3.05, 3.63) is 33.6 Å². The van der Waals surface area contributed by atoms with Crippen molar-refractivity contribution in [1.29, 1.82) is 0 Å². The zero-order valence-electron chi connectivity index (χ0n) is 7.99. The Balaban J connectivity index is 2.69. The molecule has 0 radical (unpaired) electrons. The molecule has 92 valence electrons. The van der Waals surface area contributed by atoms with Gasteiger partial charge >= 0.3 is 12.1 Å². The Hall–Kier alpha value is -0.690. The molecule has 0 saturated heterocycles. The monoisotopic (exact) mass is 330 g/mol. The zero-order chi connectivity index (χ0) is 12.8. The van der Waals surface area contributed by atoms with E-state index in [0.29, 0.717) is 9.17 Å². The summed E-state index contributed by atoms with van der Waals surface area (Å²) in [6.45, 7) is 0. The highest BCUT2D eigenvalue weighted by Crippen LogP contribution is 2.48. The van der Waals surface area contributed by atoms with E-state index in [0.717, 1.165) is 16.7 Å². The van der Waals surface area contributed by atoms with Gasteiger partial charge in [0, 0.05) is 25.5 Å². The molecule has 2 aromatic rings. The van der Waals surface area contributed by atoms with Gasteiger partial charge in [0.2, 0.25) is 0 Å². The number of hydrogen-bond acceptors (Lipinski definition) is 1. The highest BCUT2D eigenvalue weighted by molar-refractivity contribution is 9.10. The van der Waals surface area contributed by atoms with Crippen LogP contribution in [0.1, 0.15) is 5.56 Å². The van der Waals surface area contributed by atoms with Crippen LogP contribution in [0.2, 0.25) is 0 Å². The molecule has 0 nitrogen and oxygen atoms in total. The average molecular weight is 331 g/mol. The van der Waals surface area contributed by atoms with Gasteiger partial charge in [-0.1, -0.05) is 12.1 Å². The molecule has 0 aliphatic carbocycles. The molecule has 0 N–H and O–H groups in total. The number of alkyl halides is 5. The Bertz CT molecular complexity index is 557. The fourth-order valence-electron chi connectivity index (χ4n) is 1.42. The van der Waals surface area contributed by atoms with Crippen LogP contribution in [0.5, 0.6) is 0 Å². The zero-order valence-corrected chi connectivity index (χ0v) is 10.4. The Morgan fingerprint density at radius 1 is 1.06 bits per heavy atom. The van der Waals surface area contributed by atoms with Gasteiger partial charge in [0.15, 0.2) is 0 Å². The normalized spacial score (nSPS) is 13.3. The molecule has 7 heteroatoms. The average Bonchev–Trinajstić information content (AvgIpc) is 2.61. The molecule has 0 saturated carbocycles. The van der Waals surface area contributed by atoms with Crippen molar-refractivity contribution in [2.24, 2.45) is 0 Å². The van der Waals surface area contributed by atoms with E-state index in [1.165, 1.54) is 12.1 Å². The lowest BCUT2D eigenvalue weighted by atomic mass is 10.1. The van der Waals surface area contributed by atoms with Gasteiger partial charge in [0.05, 0.1) is 0 Å². The lowest BCUT2D eigenvalue weighted by Gasteiger charge is -2.19. The van der Waals surface area contributed by atoms with E-state index in [2.05, 4.69) is 15.9 Å². The Morgan fingerprint density at radius 3 is 2.29 bits per heavy atom. The highest BCUT2D eigenvalue weighted by Gasteiger charge is 2.59. The van der Waals surface area contributed by atoms with E-state index in [1.54, 1.807) is 6.07 Å². The first kappa shape index (κ1) is 12.8. The third-order valence-electron chi connectivity index (χ3n) is 2.25. The molecule has 0 amide bonds. The van der Waals surface area contributed by atoms with Gasteiger partial charge in [-0.25, -0.2) is 0 Å². The van der Waals surface area contributed by atoms with Crippen LogP contribution >= 0.6 is 27.3 Å². The van der Waals surface area contributed by atoms with Crippen molar-refractivity contribution < 1.29 is 22.0 Å². The largest absolute Gasteiger partial charge is 0.458 e. The molecule has 2 rings (SSSR count). The summed E-state index contributed by atoms with van der Waals surface area (Å²) in [6.07, 6.45) is -5.58. The maximum atomic E-state index is 13.2. The standard InChI is InChI=1S/C10H4BrF5S/c11-7-3-1-2-5-6(4-17-8(5)7)9(12,13)10(14,15)16/h1-4H. The number of rotatable bonds is 1. The van der Waals surface area contributed by atoms with Crippen molar-refractivity contribution >= 4 is 37.4 Å².